The molecule has 1 aliphatic heterocycles. The summed E-state index contributed by atoms with van der Waals surface area (Å²) >= 11 is 4.29. The Morgan fingerprint density at radius 3 is 2.44 bits per heavy atom. The second-order valence-electron chi connectivity index (χ2n) is 5.29. The number of aromatic carboxylic acids is 1. The van der Waals surface area contributed by atoms with Gasteiger partial charge in [0, 0.05) is 4.47 Å². The van der Waals surface area contributed by atoms with Crippen molar-refractivity contribution >= 4 is 50.9 Å². The largest absolute Gasteiger partial charge is 0.478 e. The van der Waals surface area contributed by atoms with E-state index in [0.717, 1.165) is 21.8 Å². The van der Waals surface area contributed by atoms with Crippen LogP contribution in [0, 0.1) is 0 Å². The summed E-state index contributed by atoms with van der Waals surface area (Å²) < 4.78 is 0.835. The number of benzene rings is 2. The van der Waals surface area contributed by atoms with E-state index in [2.05, 4.69) is 15.9 Å². The number of nitrogens with zero attached hydrogens (tertiary/aromatic N) is 1. The lowest BCUT2D eigenvalue weighted by Crippen LogP contribution is -2.27. The Balaban J connectivity index is 1.81. The molecule has 0 spiro atoms. The first-order chi connectivity index (χ1) is 12.0. The molecule has 0 atom stereocenters. The van der Waals surface area contributed by atoms with Crippen LogP contribution in [0.2, 0.25) is 0 Å². The van der Waals surface area contributed by atoms with Crippen molar-refractivity contribution in [1.29, 1.82) is 0 Å². The number of imide groups is 1. The molecule has 0 bridgehead atoms. The van der Waals surface area contributed by atoms with E-state index in [4.69, 9.17) is 5.11 Å². The summed E-state index contributed by atoms with van der Waals surface area (Å²) in [4.78, 5) is 37.1. The van der Waals surface area contributed by atoms with Crippen molar-refractivity contribution in [3.8, 4) is 0 Å². The van der Waals surface area contributed by atoms with Crippen molar-refractivity contribution in [3.05, 3.63) is 74.6 Å². The number of halogens is 1. The van der Waals surface area contributed by atoms with E-state index in [1.807, 2.05) is 24.3 Å². The third kappa shape index (κ3) is 3.83. The van der Waals surface area contributed by atoms with Gasteiger partial charge >= 0.3 is 5.97 Å². The predicted molar refractivity (Wildman–Crippen MR) is 99.1 cm³/mol. The summed E-state index contributed by atoms with van der Waals surface area (Å²) in [6, 6.07) is 13.5. The highest BCUT2D eigenvalue weighted by Gasteiger charge is 2.35. The number of carbonyl (C=O) groups is 3. The molecule has 0 radical (unpaired) electrons. The number of amides is 2. The van der Waals surface area contributed by atoms with Crippen molar-refractivity contribution < 1.29 is 19.5 Å². The molecule has 25 heavy (non-hydrogen) atoms. The molecule has 0 saturated carbocycles. The van der Waals surface area contributed by atoms with Crippen molar-refractivity contribution in [3.63, 3.8) is 0 Å². The van der Waals surface area contributed by atoms with Gasteiger partial charge in [-0.2, -0.15) is 0 Å². The van der Waals surface area contributed by atoms with E-state index in [-0.39, 0.29) is 23.3 Å². The second kappa shape index (κ2) is 7.25. The predicted octanol–water partition coefficient (Wildman–Crippen LogP) is 4.38. The molecule has 0 unspecified atom stereocenters. The third-order valence-electron chi connectivity index (χ3n) is 3.62. The van der Waals surface area contributed by atoms with Crippen LogP contribution < -0.4 is 0 Å². The fourth-order valence-corrected chi connectivity index (χ4v) is 3.56. The average Bonchev–Trinajstić information content (AvgIpc) is 2.85. The van der Waals surface area contributed by atoms with Crippen molar-refractivity contribution in [2.45, 2.75) is 6.54 Å². The molecule has 2 aromatic carbocycles. The quantitative estimate of drug-likeness (QED) is 0.746. The summed E-state index contributed by atoms with van der Waals surface area (Å²) in [5.74, 6) is -1.37. The number of rotatable bonds is 4. The molecule has 0 aliphatic carbocycles. The van der Waals surface area contributed by atoms with Crippen molar-refractivity contribution in [2.75, 3.05) is 0 Å². The molecule has 7 heteroatoms. The molecule has 1 fully saturated rings. The number of thioether (sulfide) groups is 1. The van der Waals surface area contributed by atoms with Gasteiger partial charge in [0.1, 0.15) is 0 Å². The Labute approximate surface area is 156 Å². The maximum Gasteiger partial charge on any atom is 0.335 e. The minimum absolute atomic E-state index is 0.166. The molecule has 0 aromatic heterocycles. The van der Waals surface area contributed by atoms with Gasteiger partial charge in [0.2, 0.25) is 0 Å². The SMILES string of the molecule is O=C(O)c1ccc(/C=C2/SC(=O)N(Cc3ccccc3Br)C2=O)cc1. The first kappa shape index (κ1) is 17.4. The topological polar surface area (TPSA) is 74.7 Å². The van der Waals surface area contributed by atoms with Crippen LogP contribution in [0.5, 0.6) is 0 Å². The molecule has 2 amide bonds. The van der Waals surface area contributed by atoms with E-state index >= 15 is 0 Å². The molecule has 1 aliphatic rings. The standard InChI is InChI=1S/C18H12BrNO4S/c19-14-4-2-1-3-13(14)10-20-16(21)15(25-18(20)24)9-11-5-7-12(8-6-11)17(22)23/h1-9H,10H2,(H,22,23)/b15-9+. The molecular formula is C18H12BrNO4S. The summed E-state index contributed by atoms with van der Waals surface area (Å²) in [5, 5.41) is 8.58. The summed E-state index contributed by atoms with van der Waals surface area (Å²) in [5.41, 5.74) is 1.67. The van der Waals surface area contributed by atoms with Crippen LogP contribution in [0.4, 0.5) is 4.79 Å². The third-order valence-corrected chi connectivity index (χ3v) is 5.30. The second-order valence-corrected chi connectivity index (χ2v) is 7.13. The van der Waals surface area contributed by atoms with E-state index in [1.165, 1.54) is 17.0 Å². The van der Waals surface area contributed by atoms with Gasteiger partial charge < -0.3 is 5.11 Å². The Morgan fingerprint density at radius 1 is 1.12 bits per heavy atom. The first-order valence-corrected chi connectivity index (χ1v) is 8.89. The minimum Gasteiger partial charge on any atom is -0.478 e. The Bertz CT molecular complexity index is 892. The molecule has 3 rings (SSSR count). The van der Waals surface area contributed by atoms with Gasteiger partial charge in [0.25, 0.3) is 11.1 Å². The first-order valence-electron chi connectivity index (χ1n) is 7.28. The van der Waals surface area contributed by atoms with Crippen LogP contribution in [-0.2, 0) is 11.3 Å². The lowest BCUT2D eigenvalue weighted by Gasteiger charge is -2.13. The number of hydrogen-bond donors (Lipinski definition) is 1. The van der Waals surface area contributed by atoms with Crippen molar-refractivity contribution in [1.82, 2.24) is 4.90 Å². The Kier molecular flexibility index (Phi) is 5.06. The zero-order valence-corrected chi connectivity index (χ0v) is 15.2. The molecular weight excluding hydrogens is 406 g/mol. The zero-order valence-electron chi connectivity index (χ0n) is 12.8. The van der Waals surface area contributed by atoms with Gasteiger partial charge in [0.05, 0.1) is 17.0 Å². The van der Waals surface area contributed by atoms with Gasteiger partial charge in [-0.1, -0.05) is 46.3 Å². The molecule has 126 valence electrons. The molecule has 1 N–H and O–H groups in total. The minimum atomic E-state index is -1.01. The van der Waals surface area contributed by atoms with Gasteiger partial charge in [-0.25, -0.2) is 4.79 Å². The van der Waals surface area contributed by atoms with Crippen LogP contribution in [0.1, 0.15) is 21.5 Å². The van der Waals surface area contributed by atoms with Crippen LogP contribution in [-0.4, -0.2) is 27.1 Å². The van der Waals surface area contributed by atoms with Crippen LogP contribution in [0.15, 0.2) is 57.9 Å². The summed E-state index contributed by atoms with van der Waals surface area (Å²) in [6.07, 6.45) is 1.59. The highest BCUT2D eigenvalue weighted by molar-refractivity contribution is 9.10. The van der Waals surface area contributed by atoms with E-state index in [1.54, 1.807) is 18.2 Å². The van der Waals surface area contributed by atoms with E-state index in [9.17, 15) is 14.4 Å². The number of carboxylic acids is 1. The lowest BCUT2D eigenvalue weighted by molar-refractivity contribution is -0.123. The Morgan fingerprint density at radius 2 is 1.80 bits per heavy atom. The monoisotopic (exact) mass is 417 g/mol. The summed E-state index contributed by atoms with van der Waals surface area (Å²) in [6.45, 7) is 0.196. The van der Waals surface area contributed by atoms with Gasteiger partial charge in [0.15, 0.2) is 0 Å². The molecule has 1 saturated heterocycles. The highest BCUT2D eigenvalue weighted by Crippen LogP contribution is 2.34. The number of carbonyl (C=O) groups excluding carboxylic acids is 2. The smallest absolute Gasteiger partial charge is 0.335 e. The number of carboxylic acid groups (broad SMARTS) is 1. The Hall–Kier alpha value is -2.38. The van der Waals surface area contributed by atoms with Gasteiger partial charge in [-0.05, 0) is 47.2 Å². The average molecular weight is 418 g/mol. The molecule has 1 heterocycles. The molecule has 5 nitrogen and oxygen atoms in total. The fraction of sp³-hybridized carbons (Fsp3) is 0.0556. The maximum atomic E-state index is 12.5. The summed E-state index contributed by atoms with van der Waals surface area (Å²) in [7, 11) is 0. The van der Waals surface area contributed by atoms with Gasteiger partial charge in [-0.15, -0.1) is 0 Å². The van der Waals surface area contributed by atoms with E-state index in [0.29, 0.717) is 10.5 Å². The molecule has 2 aromatic rings. The van der Waals surface area contributed by atoms with Crippen LogP contribution in [0.3, 0.4) is 0 Å². The number of hydrogen-bond acceptors (Lipinski definition) is 4. The van der Waals surface area contributed by atoms with Gasteiger partial charge in [-0.3, -0.25) is 14.5 Å². The normalized spacial score (nSPS) is 15.9. The van der Waals surface area contributed by atoms with Crippen LogP contribution in [0.25, 0.3) is 6.08 Å². The fourth-order valence-electron chi connectivity index (χ4n) is 2.31. The maximum absolute atomic E-state index is 12.5. The van der Waals surface area contributed by atoms with Crippen molar-refractivity contribution in [2.24, 2.45) is 0 Å². The highest BCUT2D eigenvalue weighted by atomic mass is 79.9. The zero-order chi connectivity index (χ0) is 18.0. The van der Waals surface area contributed by atoms with Crippen LogP contribution >= 0.6 is 27.7 Å². The lowest BCUT2D eigenvalue weighted by atomic mass is 10.1. The van der Waals surface area contributed by atoms with E-state index < -0.39 is 5.97 Å².